The van der Waals surface area contributed by atoms with Gasteiger partial charge in [-0.25, -0.2) is 9.59 Å². The largest absolute Gasteiger partial charge is 0.462 e. The number of rotatable bonds is 8. The monoisotopic (exact) mass is 497 g/mol. The lowest BCUT2D eigenvalue weighted by atomic mass is 10.0. The van der Waals surface area contributed by atoms with Crippen LogP contribution in [-0.4, -0.2) is 49.0 Å². The zero-order valence-corrected chi connectivity index (χ0v) is 21.1. The second-order valence-corrected chi connectivity index (χ2v) is 8.63. The summed E-state index contributed by atoms with van der Waals surface area (Å²) in [7, 11) is 1.47. The molecule has 0 radical (unpaired) electrons. The number of thiophene rings is 1. The summed E-state index contributed by atoms with van der Waals surface area (Å²) in [4.78, 5) is 55.2. The van der Waals surface area contributed by atoms with Crippen LogP contribution in [0.3, 0.4) is 0 Å². The number of benzene rings is 1. The number of fused-ring (bicyclic) bond motifs is 1. The van der Waals surface area contributed by atoms with Crippen LogP contribution < -0.4 is 10.6 Å². The van der Waals surface area contributed by atoms with Gasteiger partial charge in [0, 0.05) is 18.1 Å². The van der Waals surface area contributed by atoms with Gasteiger partial charge in [-0.1, -0.05) is 25.1 Å². The third-order valence-electron chi connectivity index (χ3n) is 5.42. The number of carbonyl (C=O) groups is 4. The van der Waals surface area contributed by atoms with E-state index in [2.05, 4.69) is 15.6 Å². The van der Waals surface area contributed by atoms with Gasteiger partial charge in [0.15, 0.2) is 6.61 Å². The fraction of sp³-hybridized carbons (Fsp3) is 0.320. The van der Waals surface area contributed by atoms with Crippen LogP contribution in [0.4, 0.5) is 5.00 Å². The lowest BCUT2D eigenvalue weighted by molar-refractivity contribution is -0.119. The van der Waals surface area contributed by atoms with E-state index in [0.717, 1.165) is 17.0 Å². The number of ether oxygens (including phenoxy) is 2. The van der Waals surface area contributed by atoms with E-state index < -0.39 is 30.4 Å². The Labute approximate surface area is 206 Å². The number of hydrogen-bond donors (Lipinski definition) is 2. The van der Waals surface area contributed by atoms with Gasteiger partial charge in [-0.15, -0.1) is 11.3 Å². The quantitative estimate of drug-likeness (QED) is 0.454. The topological polar surface area (TPSA) is 124 Å². The van der Waals surface area contributed by atoms with Crippen LogP contribution in [0.25, 0.3) is 10.9 Å². The molecule has 0 aliphatic carbocycles. The number of amides is 2. The third-order valence-corrected chi connectivity index (χ3v) is 6.63. The smallest absolute Gasteiger partial charge is 0.341 e. The van der Waals surface area contributed by atoms with Gasteiger partial charge in [0.2, 0.25) is 0 Å². The maximum Gasteiger partial charge on any atom is 0.341 e. The standard InChI is InChI=1S/C25H27N3O6S/c1-6-16-13(3)19(15-10-8-9-11-17(15)27-16)24(31)34-12-18(29)28-23-20(25(32)33-7-2)14(4)21(35-23)22(30)26-5/h8-11H,6-7,12H2,1-5H3,(H,26,30)(H,28,29). The molecular formula is C25H27N3O6S. The number of nitrogens with zero attached hydrogens (tertiary/aromatic N) is 1. The maximum absolute atomic E-state index is 13.0. The van der Waals surface area contributed by atoms with E-state index in [1.807, 2.05) is 19.1 Å². The number of anilines is 1. The molecule has 35 heavy (non-hydrogen) atoms. The summed E-state index contributed by atoms with van der Waals surface area (Å²) in [5.74, 6) is -2.35. The van der Waals surface area contributed by atoms with Gasteiger partial charge in [0.1, 0.15) is 5.00 Å². The molecule has 10 heteroatoms. The van der Waals surface area contributed by atoms with E-state index >= 15 is 0 Å². The Hall–Kier alpha value is -3.79. The van der Waals surface area contributed by atoms with Crippen LogP contribution in [-0.2, 0) is 20.7 Å². The van der Waals surface area contributed by atoms with Crippen LogP contribution >= 0.6 is 11.3 Å². The molecule has 9 nitrogen and oxygen atoms in total. The summed E-state index contributed by atoms with van der Waals surface area (Å²) in [5.41, 5.74) is 2.99. The molecule has 2 aromatic heterocycles. The highest BCUT2D eigenvalue weighted by atomic mass is 32.1. The van der Waals surface area contributed by atoms with E-state index in [1.54, 1.807) is 32.9 Å². The first kappa shape index (κ1) is 25.8. The molecule has 0 atom stereocenters. The number of para-hydroxylation sites is 1. The van der Waals surface area contributed by atoms with E-state index in [4.69, 9.17) is 9.47 Å². The van der Waals surface area contributed by atoms with Gasteiger partial charge in [-0.2, -0.15) is 0 Å². The molecule has 0 bridgehead atoms. The highest BCUT2D eigenvalue weighted by Crippen LogP contribution is 2.34. The van der Waals surface area contributed by atoms with Crippen molar-refractivity contribution in [2.24, 2.45) is 0 Å². The zero-order chi connectivity index (χ0) is 25.7. The Kier molecular flexibility index (Phi) is 8.18. The number of carbonyl (C=O) groups excluding carboxylic acids is 4. The highest BCUT2D eigenvalue weighted by Gasteiger charge is 2.27. The van der Waals surface area contributed by atoms with E-state index in [-0.39, 0.29) is 22.0 Å². The Morgan fingerprint density at radius 3 is 2.31 bits per heavy atom. The minimum atomic E-state index is -0.658. The van der Waals surface area contributed by atoms with Gasteiger partial charge in [-0.05, 0) is 44.4 Å². The van der Waals surface area contributed by atoms with Crippen LogP contribution in [0.1, 0.15) is 61.1 Å². The predicted octanol–water partition coefficient (Wildman–Crippen LogP) is 3.81. The molecule has 0 saturated heterocycles. The van der Waals surface area contributed by atoms with Crippen LogP contribution in [0.2, 0.25) is 0 Å². The maximum atomic E-state index is 13.0. The first-order valence-corrected chi connectivity index (χ1v) is 11.9. The third kappa shape index (κ3) is 5.32. The molecule has 0 aliphatic rings. The molecule has 2 heterocycles. The predicted molar refractivity (Wildman–Crippen MR) is 133 cm³/mol. The minimum absolute atomic E-state index is 0.0960. The van der Waals surface area contributed by atoms with Gasteiger partial charge in [0.25, 0.3) is 11.8 Å². The molecule has 184 valence electrons. The van der Waals surface area contributed by atoms with Crippen molar-refractivity contribution in [1.29, 1.82) is 0 Å². The van der Waals surface area contributed by atoms with Crippen molar-refractivity contribution < 1.29 is 28.7 Å². The van der Waals surface area contributed by atoms with E-state index in [0.29, 0.717) is 34.0 Å². The van der Waals surface area contributed by atoms with Crippen molar-refractivity contribution in [2.45, 2.75) is 34.1 Å². The average molecular weight is 498 g/mol. The Morgan fingerprint density at radius 1 is 0.971 bits per heavy atom. The number of esters is 2. The lowest BCUT2D eigenvalue weighted by Gasteiger charge is -2.13. The SMILES string of the molecule is CCOC(=O)c1c(NC(=O)COC(=O)c2c(C)c(CC)nc3ccccc23)sc(C(=O)NC)c1C. The summed E-state index contributed by atoms with van der Waals surface area (Å²) >= 11 is 0.948. The van der Waals surface area contributed by atoms with Crippen LogP contribution in [0, 0.1) is 13.8 Å². The molecule has 2 N–H and O–H groups in total. The highest BCUT2D eigenvalue weighted by molar-refractivity contribution is 7.18. The summed E-state index contributed by atoms with van der Waals surface area (Å²) in [6.45, 7) is 6.56. The van der Waals surface area contributed by atoms with Crippen molar-refractivity contribution in [1.82, 2.24) is 10.3 Å². The number of aryl methyl sites for hydroxylation is 1. The Morgan fingerprint density at radius 2 is 1.66 bits per heavy atom. The normalized spacial score (nSPS) is 10.7. The Balaban J connectivity index is 1.83. The van der Waals surface area contributed by atoms with Crippen molar-refractivity contribution in [3.63, 3.8) is 0 Å². The number of aromatic nitrogens is 1. The van der Waals surface area contributed by atoms with Crippen molar-refractivity contribution in [3.8, 4) is 0 Å². The van der Waals surface area contributed by atoms with Gasteiger partial charge >= 0.3 is 11.9 Å². The zero-order valence-electron chi connectivity index (χ0n) is 20.2. The first-order valence-electron chi connectivity index (χ1n) is 11.1. The fourth-order valence-electron chi connectivity index (χ4n) is 3.71. The molecular weight excluding hydrogens is 470 g/mol. The molecule has 3 rings (SSSR count). The van der Waals surface area contributed by atoms with E-state index in [1.165, 1.54) is 7.05 Å². The number of pyridine rings is 1. The average Bonchev–Trinajstić information content (AvgIpc) is 3.17. The molecule has 2 amide bonds. The van der Waals surface area contributed by atoms with Crippen molar-refractivity contribution in [3.05, 3.63) is 57.1 Å². The molecule has 0 saturated carbocycles. The van der Waals surface area contributed by atoms with Crippen LogP contribution in [0.15, 0.2) is 24.3 Å². The molecule has 0 spiro atoms. The Bertz CT molecular complexity index is 1310. The summed E-state index contributed by atoms with van der Waals surface area (Å²) in [5, 5.41) is 5.88. The molecule has 3 aromatic rings. The van der Waals surface area contributed by atoms with Gasteiger partial charge in [-0.3, -0.25) is 14.6 Å². The van der Waals surface area contributed by atoms with Crippen molar-refractivity contribution >= 4 is 51.0 Å². The van der Waals surface area contributed by atoms with Crippen molar-refractivity contribution in [2.75, 3.05) is 25.6 Å². The number of nitrogens with one attached hydrogen (secondary N) is 2. The van der Waals surface area contributed by atoms with Crippen LogP contribution in [0.5, 0.6) is 0 Å². The summed E-state index contributed by atoms with van der Waals surface area (Å²) < 4.78 is 10.4. The summed E-state index contributed by atoms with van der Waals surface area (Å²) in [6, 6.07) is 7.24. The second kappa shape index (κ2) is 11.1. The molecule has 0 fully saturated rings. The van der Waals surface area contributed by atoms with E-state index in [9.17, 15) is 19.2 Å². The first-order chi connectivity index (χ1) is 16.7. The second-order valence-electron chi connectivity index (χ2n) is 7.61. The summed E-state index contributed by atoms with van der Waals surface area (Å²) in [6.07, 6.45) is 0.638. The molecule has 1 aromatic carbocycles. The van der Waals surface area contributed by atoms with Gasteiger partial charge < -0.3 is 20.1 Å². The fourth-order valence-corrected chi connectivity index (χ4v) is 4.87. The lowest BCUT2D eigenvalue weighted by Crippen LogP contribution is -2.22. The molecule has 0 unspecified atom stereocenters. The minimum Gasteiger partial charge on any atom is -0.462 e. The molecule has 0 aliphatic heterocycles. The van der Waals surface area contributed by atoms with Gasteiger partial charge in [0.05, 0.1) is 28.1 Å². The number of hydrogen-bond acceptors (Lipinski definition) is 8.